The van der Waals surface area contributed by atoms with Crippen molar-refractivity contribution in [2.45, 2.75) is 0 Å². The second kappa shape index (κ2) is 5.66. The third-order valence-electron chi connectivity index (χ3n) is 2.52. The summed E-state index contributed by atoms with van der Waals surface area (Å²) < 4.78 is 13.4. The van der Waals surface area contributed by atoms with Gasteiger partial charge in [0.05, 0.1) is 10.5 Å². The van der Waals surface area contributed by atoms with Crippen LogP contribution in [0, 0.1) is 15.9 Å². The van der Waals surface area contributed by atoms with Gasteiger partial charge in [-0.15, -0.1) is 0 Å². The number of nitro benzene ring substituents is 1. The number of nitrogens with zero attached hydrogens (tertiary/aromatic N) is 1. The van der Waals surface area contributed by atoms with E-state index in [4.69, 9.17) is 11.6 Å². The third-order valence-corrected chi connectivity index (χ3v) is 2.82. The fourth-order valence-electron chi connectivity index (χ4n) is 1.58. The first-order valence-electron chi connectivity index (χ1n) is 5.49. The van der Waals surface area contributed by atoms with Crippen LogP contribution in [0.5, 0.6) is 0 Å². The minimum atomic E-state index is -0.659. The van der Waals surface area contributed by atoms with Crippen molar-refractivity contribution in [3.05, 3.63) is 69.0 Å². The normalized spacial score (nSPS) is 10.1. The smallest absolute Gasteiger partial charge is 0.288 e. The van der Waals surface area contributed by atoms with Gasteiger partial charge >= 0.3 is 0 Å². The van der Waals surface area contributed by atoms with Gasteiger partial charge in [-0.25, -0.2) is 4.39 Å². The van der Waals surface area contributed by atoms with E-state index in [1.54, 1.807) is 0 Å². The van der Waals surface area contributed by atoms with E-state index >= 15 is 0 Å². The minimum Gasteiger partial charge on any atom is -0.322 e. The summed E-state index contributed by atoms with van der Waals surface area (Å²) in [6, 6.07) is 9.21. The Kier molecular flexibility index (Phi) is 3.95. The molecule has 0 atom stereocenters. The van der Waals surface area contributed by atoms with Crippen LogP contribution < -0.4 is 5.32 Å². The van der Waals surface area contributed by atoms with Crippen LogP contribution in [-0.2, 0) is 0 Å². The molecule has 0 aliphatic carbocycles. The second-order valence-electron chi connectivity index (χ2n) is 3.86. The first kappa shape index (κ1) is 14.0. The zero-order chi connectivity index (χ0) is 14.7. The Balaban J connectivity index is 2.23. The Labute approximate surface area is 118 Å². The van der Waals surface area contributed by atoms with E-state index < -0.39 is 16.6 Å². The van der Waals surface area contributed by atoms with Crippen LogP contribution in [0.1, 0.15) is 10.4 Å². The standard InChI is InChI=1S/C13H8ClFN2O3/c14-10-7-8(5-6-12(10)17(19)20)16-13(18)9-3-1-2-4-11(9)15/h1-7H,(H,16,18). The lowest BCUT2D eigenvalue weighted by Crippen LogP contribution is -2.13. The number of carbonyl (C=O) groups is 1. The first-order chi connectivity index (χ1) is 9.49. The van der Waals surface area contributed by atoms with Crippen LogP contribution in [0.3, 0.4) is 0 Å². The highest BCUT2D eigenvalue weighted by atomic mass is 35.5. The molecule has 0 aromatic heterocycles. The molecule has 0 unspecified atom stereocenters. The van der Waals surface area contributed by atoms with Gasteiger partial charge in [0.25, 0.3) is 11.6 Å². The monoisotopic (exact) mass is 294 g/mol. The van der Waals surface area contributed by atoms with E-state index in [2.05, 4.69) is 5.32 Å². The number of amides is 1. The number of nitrogens with one attached hydrogen (secondary N) is 1. The lowest BCUT2D eigenvalue weighted by atomic mass is 10.2. The molecule has 2 aromatic carbocycles. The SMILES string of the molecule is O=C(Nc1ccc([N+](=O)[O-])c(Cl)c1)c1ccccc1F. The molecule has 20 heavy (non-hydrogen) atoms. The lowest BCUT2D eigenvalue weighted by molar-refractivity contribution is -0.384. The number of rotatable bonds is 3. The van der Waals surface area contributed by atoms with Crippen LogP contribution in [0.4, 0.5) is 15.8 Å². The fourth-order valence-corrected chi connectivity index (χ4v) is 1.83. The summed E-state index contributed by atoms with van der Waals surface area (Å²) in [5.41, 5.74) is -0.147. The van der Waals surface area contributed by atoms with E-state index in [9.17, 15) is 19.3 Å². The topological polar surface area (TPSA) is 72.2 Å². The number of carbonyl (C=O) groups excluding carboxylic acids is 1. The number of nitro groups is 1. The number of hydrogen-bond acceptors (Lipinski definition) is 3. The van der Waals surface area contributed by atoms with Gasteiger partial charge in [-0.1, -0.05) is 23.7 Å². The van der Waals surface area contributed by atoms with Crippen molar-refractivity contribution in [3.8, 4) is 0 Å². The van der Waals surface area contributed by atoms with E-state index in [0.717, 1.165) is 6.07 Å². The Bertz CT molecular complexity index is 691. The number of benzene rings is 2. The van der Waals surface area contributed by atoms with Crippen LogP contribution in [0.25, 0.3) is 0 Å². The van der Waals surface area contributed by atoms with Crippen molar-refractivity contribution in [2.75, 3.05) is 5.32 Å². The molecule has 0 heterocycles. The van der Waals surface area contributed by atoms with Gasteiger partial charge in [-0.2, -0.15) is 0 Å². The van der Waals surface area contributed by atoms with Gasteiger partial charge in [0.15, 0.2) is 0 Å². The predicted molar refractivity (Wildman–Crippen MR) is 72.5 cm³/mol. The summed E-state index contributed by atoms with van der Waals surface area (Å²) in [5, 5.41) is 12.9. The maximum atomic E-state index is 13.4. The van der Waals surface area contributed by atoms with E-state index in [1.165, 1.54) is 36.4 Å². The summed E-state index contributed by atoms with van der Waals surface area (Å²) in [5.74, 6) is -1.31. The van der Waals surface area contributed by atoms with Gasteiger partial charge in [0, 0.05) is 11.8 Å². The maximum absolute atomic E-state index is 13.4. The molecule has 0 aliphatic heterocycles. The van der Waals surface area contributed by atoms with Crippen molar-refractivity contribution in [3.63, 3.8) is 0 Å². The van der Waals surface area contributed by atoms with Crippen LogP contribution in [0.15, 0.2) is 42.5 Å². The van der Waals surface area contributed by atoms with Gasteiger partial charge in [0.2, 0.25) is 0 Å². The molecule has 1 amide bonds. The Morgan fingerprint density at radius 1 is 1.25 bits per heavy atom. The molecule has 0 fully saturated rings. The molecule has 7 heteroatoms. The lowest BCUT2D eigenvalue weighted by Gasteiger charge is -2.06. The van der Waals surface area contributed by atoms with E-state index in [1.807, 2.05) is 0 Å². The molecule has 5 nitrogen and oxygen atoms in total. The molecule has 0 bridgehead atoms. The van der Waals surface area contributed by atoms with E-state index in [-0.39, 0.29) is 22.0 Å². The molecule has 0 radical (unpaired) electrons. The molecule has 102 valence electrons. The highest BCUT2D eigenvalue weighted by Crippen LogP contribution is 2.27. The summed E-state index contributed by atoms with van der Waals surface area (Å²) in [4.78, 5) is 21.8. The van der Waals surface area contributed by atoms with E-state index in [0.29, 0.717) is 0 Å². The summed E-state index contributed by atoms with van der Waals surface area (Å²) in [6.07, 6.45) is 0. The molecule has 1 N–H and O–H groups in total. The average molecular weight is 295 g/mol. The Hall–Kier alpha value is -2.47. The van der Waals surface area contributed by atoms with Crippen molar-refractivity contribution in [1.29, 1.82) is 0 Å². The molecular weight excluding hydrogens is 287 g/mol. The number of anilines is 1. The first-order valence-corrected chi connectivity index (χ1v) is 5.86. The van der Waals surface area contributed by atoms with Crippen molar-refractivity contribution in [1.82, 2.24) is 0 Å². The van der Waals surface area contributed by atoms with Gasteiger partial charge in [-0.05, 0) is 24.3 Å². The van der Waals surface area contributed by atoms with Crippen molar-refractivity contribution < 1.29 is 14.1 Å². The number of halogens is 2. The summed E-state index contributed by atoms with van der Waals surface area (Å²) in [7, 11) is 0. The van der Waals surface area contributed by atoms with Gasteiger partial charge in [-0.3, -0.25) is 14.9 Å². The minimum absolute atomic E-state index is 0.110. The van der Waals surface area contributed by atoms with Gasteiger partial charge in [0.1, 0.15) is 10.8 Å². The maximum Gasteiger partial charge on any atom is 0.288 e. The Morgan fingerprint density at radius 3 is 2.55 bits per heavy atom. The highest BCUT2D eigenvalue weighted by molar-refractivity contribution is 6.33. The molecule has 2 aromatic rings. The quantitative estimate of drug-likeness (QED) is 0.694. The highest BCUT2D eigenvalue weighted by Gasteiger charge is 2.15. The zero-order valence-electron chi connectivity index (χ0n) is 9.97. The summed E-state index contributed by atoms with van der Waals surface area (Å²) in [6.45, 7) is 0. The average Bonchev–Trinajstić information content (AvgIpc) is 2.38. The molecule has 0 aliphatic rings. The molecular formula is C13H8ClFN2O3. The molecule has 0 saturated carbocycles. The second-order valence-corrected chi connectivity index (χ2v) is 4.26. The Morgan fingerprint density at radius 2 is 1.95 bits per heavy atom. The van der Waals surface area contributed by atoms with Crippen LogP contribution >= 0.6 is 11.6 Å². The van der Waals surface area contributed by atoms with Crippen molar-refractivity contribution in [2.24, 2.45) is 0 Å². The van der Waals surface area contributed by atoms with Crippen LogP contribution in [-0.4, -0.2) is 10.8 Å². The largest absolute Gasteiger partial charge is 0.322 e. The van der Waals surface area contributed by atoms with Gasteiger partial charge < -0.3 is 5.32 Å². The molecule has 2 rings (SSSR count). The fraction of sp³-hybridized carbons (Fsp3) is 0. The number of hydrogen-bond donors (Lipinski definition) is 1. The summed E-state index contributed by atoms with van der Waals surface area (Å²) >= 11 is 5.72. The zero-order valence-corrected chi connectivity index (χ0v) is 10.7. The molecule has 0 saturated heterocycles. The third kappa shape index (κ3) is 2.92. The molecule has 0 spiro atoms. The predicted octanol–water partition coefficient (Wildman–Crippen LogP) is 3.64. The van der Waals surface area contributed by atoms with Crippen LogP contribution in [0.2, 0.25) is 5.02 Å². The van der Waals surface area contributed by atoms with Crippen molar-refractivity contribution >= 4 is 28.9 Å².